The highest BCUT2D eigenvalue weighted by Crippen LogP contribution is 2.23. The quantitative estimate of drug-likeness (QED) is 0.914. The molecule has 1 N–H and O–H groups in total. The third-order valence-electron chi connectivity index (χ3n) is 3.46. The van der Waals surface area contributed by atoms with Crippen molar-refractivity contribution in [1.29, 1.82) is 0 Å². The topological polar surface area (TPSA) is 74.7 Å². The van der Waals surface area contributed by atoms with Crippen LogP contribution in [0.1, 0.15) is 18.4 Å². The first-order valence-electron chi connectivity index (χ1n) is 6.44. The van der Waals surface area contributed by atoms with Crippen LogP contribution in [0.5, 0.6) is 0 Å². The summed E-state index contributed by atoms with van der Waals surface area (Å²) in [4.78, 5) is 11.0. The van der Waals surface area contributed by atoms with Crippen molar-refractivity contribution in [2.24, 2.45) is 5.92 Å². The predicted octanol–water partition coefficient (Wildman–Crippen LogP) is 2.11. The molecule has 0 bridgehead atoms. The lowest BCUT2D eigenvalue weighted by atomic mass is 10.0. The summed E-state index contributed by atoms with van der Waals surface area (Å²) in [6.07, 6.45) is 0.990. The molecule has 1 saturated heterocycles. The van der Waals surface area contributed by atoms with Gasteiger partial charge in [-0.1, -0.05) is 17.7 Å². The summed E-state index contributed by atoms with van der Waals surface area (Å²) in [6, 6.07) is 3.74. The normalized spacial score (nSPS) is 20.4. The van der Waals surface area contributed by atoms with E-state index in [1.165, 1.54) is 16.4 Å². The van der Waals surface area contributed by atoms with Crippen LogP contribution in [0.25, 0.3) is 0 Å². The van der Waals surface area contributed by atoms with Crippen LogP contribution >= 0.6 is 11.6 Å². The van der Waals surface area contributed by atoms with Crippen LogP contribution in [0.4, 0.5) is 4.39 Å². The second-order valence-electron chi connectivity index (χ2n) is 5.04. The van der Waals surface area contributed by atoms with E-state index < -0.39 is 27.7 Å². The summed E-state index contributed by atoms with van der Waals surface area (Å²) in [7, 11) is -3.64. The summed E-state index contributed by atoms with van der Waals surface area (Å²) in [5.41, 5.74) is 0.374. The van der Waals surface area contributed by atoms with Crippen molar-refractivity contribution >= 4 is 27.6 Å². The molecule has 1 aromatic carbocycles. The molecule has 0 radical (unpaired) electrons. The first-order valence-corrected chi connectivity index (χ1v) is 8.43. The van der Waals surface area contributed by atoms with E-state index in [4.69, 9.17) is 16.7 Å². The lowest BCUT2D eigenvalue weighted by Crippen LogP contribution is -2.42. The van der Waals surface area contributed by atoms with Crippen molar-refractivity contribution in [1.82, 2.24) is 4.31 Å². The Morgan fingerprint density at radius 1 is 1.48 bits per heavy atom. The highest BCUT2D eigenvalue weighted by molar-refractivity contribution is 7.88. The molecule has 1 aliphatic heterocycles. The van der Waals surface area contributed by atoms with Crippen molar-refractivity contribution in [2.75, 3.05) is 13.1 Å². The molecule has 5 nitrogen and oxygen atoms in total. The van der Waals surface area contributed by atoms with E-state index in [9.17, 15) is 17.6 Å². The number of benzene rings is 1. The highest BCUT2D eigenvalue weighted by atomic mass is 35.5. The summed E-state index contributed by atoms with van der Waals surface area (Å²) < 4.78 is 38.9. The summed E-state index contributed by atoms with van der Waals surface area (Å²) in [5, 5.41) is 8.86. The van der Waals surface area contributed by atoms with Crippen LogP contribution in [0.15, 0.2) is 18.2 Å². The molecule has 2 rings (SSSR count). The SMILES string of the molecule is O=C(O)C1CCCN(S(=O)(=O)Cc2ccc(F)c(Cl)c2)C1. The minimum atomic E-state index is -3.64. The maximum absolute atomic E-state index is 13.1. The molecule has 1 unspecified atom stereocenters. The van der Waals surface area contributed by atoms with Gasteiger partial charge in [0.1, 0.15) is 5.82 Å². The van der Waals surface area contributed by atoms with E-state index in [0.717, 1.165) is 6.07 Å². The van der Waals surface area contributed by atoms with Gasteiger partial charge in [0.2, 0.25) is 10.0 Å². The molecule has 1 atom stereocenters. The molecule has 0 aromatic heterocycles. The van der Waals surface area contributed by atoms with Crippen LogP contribution < -0.4 is 0 Å². The lowest BCUT2D eigenvalue weighted by molar-refractivity contribution is -0.142. The van der Waals surface area contributed by atoms with Gasteiger partial charge in [0.05, 0.1) is 16.7 Å². The largest absolute Gasteiger partial charge is 0.481 e. The van der Waals surface area contributed by atoms with E-state index >= 15 is 0 Å². The monoisotopic (exact) mass is 335 g/mol. The number of carbonyl (C=O) groups is 1. The maximum atomic E-state index is 13.1. The standard InChI is InChI=1S/C13H15ClFNO4S/c14-11-6-9(3-4-12(11)15)8-21(19,20)16-5-1-2-10(7-16)13(17)18/h3-4,6,10H,1-2,5,7-8H2,(H,17,18). The molecule has 8 heteroatoms. The first-order chi connectivity index (χ1) is 9.79. The number of hydrogen-bond donors (Lipinski definition) is 1. The Balaban J connectivity index is 2.14. The zero-order chi connectivity index (χ0) is 15.6. The molecular formula is C13H15ClFNO4S. The minimum Gasteiger partial charge on any atom is -0.481 e. The highest BCUT2D eigenvalue weighted by Gasteiger charge is 2.32. The van der Waals surface area contributed by atoms with Crippen LogP contribution in [-0.2, 0) is 20.6 Å². The third kappa shape index (κ3) is 3.93. The zero-order valence-electron chi connectivity index (χ0n) is 11.1. The number of hydrogen-bond acceptors (Lipinski definition) is 3. The fourth-order valence-electron chi connectivity index (χ4n) is 2.33. The lowest BCUT2D eigenvalue weighted by Gasteiger charge is -2.29. The van der Waals surface area contributed by atoms with E-state index in [2.05, 4.69) is 0 Å². The van der Waals surface area contributed by atoms with Gasteiger partial charge in [0.25, 0.3) is 0 Å². The van der Waals surface area contributed by atoms with Crippen molar-refractivity contribution in [3.05, 3.63) is 34.6 Å². The van der Waals surface area contributed by atoms with Gasteiger partial charge in [-0.2, -0.15) is 0 Å². The summed E-state index contributed by atoms with van der Waals surface area (Å²) in [6.45, 7) is 0.285. The Hall–Kier alpha value is -1.18. The molecular weight excluding hydrogens is 321 g/mol. The second kappa shape index (κ2) is 6.29. The van der Waals surface area contributed by atoms with Gasteiger partial charge in [-0.05, 0) is 30.5 Å². The Bertz CT molecular complexity index is 650. The number of carboxylic acid groups (broad SMARTS) is 1. The van der Waals surface area contributed by atoms with Gasteiger partial charge in [-0.3, -0.25) is 4.79 Å². The van der Waals surface area contributed by atoms with Gasteiger partial charge < -0.3 is 5.11 Å². The van der Waals surface area contributed by atoms with Crippen molar-refractivity contribution in [3.63, 3.8) is 0 Å². The Morgan fingerprint density at radius 2 is 2.19 bits per heavy atom. The summed E-state index contributed by atoms with van der Waals surface area (Å²) in [5.74, 6) is -2.59. The third-order valence-corrected chi connectivity index (χ3v) is 5.57. The average molecular weight is 336 g/mol. The molecule has 21 heavy (non-hydrogen) atoms. The van der Waals surface area contributed by atoms with Crippen LogP contribution in [0, 0.1) is 11.7 Å². The zero-order valence-corrected chi connectivity index (χ0v) is 12.7. The van der Waals surface area contributed by atoms with Gasteiger partial charge >= 0.3 is 5.97 Å². The molecule has 1 heterocycles. The van der Waals surface area contributed by atoms with Gasteiger partial charge in [-0.15, -0.1) is 0 Å². The molecule has 1 fully saturated rings. The Morgan fingerprint density at radius 3 is 2.81 bits per heavy atom. The number of halogens is 2. The van der Waals surface area contributed by atoms with E-state index in [0.29, 0.717) is 24.9 Å². The molecule has 0 aliphatic carbocycles. The van der Waals surface area contributed by atoms with E-state index in [-0.39, 0.29) is 17.3 Å². The first kappa shape index (κ1) is 16.2. The minimum absolute atomic E-state index is 0.0212. The smallest absolute Gasteiger partial charge is 0.307 e. The molecule has 1 aromatic rings. The Kier molecular flexibility index (Phi) is 4.85. The van der Waals surface area contributed by atoms with Crippen molar-refractivity contribution in [3.8, 4) is 0 Å². The van der Waals surface area contributed by atoms with E-state index in [1.807, 2.05) is 0 Å². The number of nitrogens with zero attached hydrogens (tertiary/aromatic N) is 1. The number of sulfonamides is 1. The molecule has 1 aliphatic rings. The van der Waals surface area contributed by atoms with Crippen LogP contribution in [0.2, 0.25) is 5.02 Å². The number of aliphatic carboxylic acids is 1. The van der Waals surface area contributed by atoms with Gasteiger partial charge in [0.15, 0.2) is 0 Å². The second-order valence-corrected chi connectivity index (χ2v) is 7.42. The van der Waals surface area contributed by atoms with Crippen LogP contribution in [0.3, 0.4) is 0 Å². The van der Waals surface area contributed by atoms with Crippen molar-refractivity contribution < 1.29 is 22.7 Å². The predicted molar refractivity (Wildman–Crippen MR) is 76.0 cm³/mol. The van der Waals surface area contributed by atoms with Gasteiger partial charge in [0, 0.05) is 13.1 Å². The molecule has 0 amide bonds. The number of piperidine rings is 1. The number of rotatable bonds is 4. The fraction of sp³-hybridized carbons (Fsp3) is 0.462. The molecule has 116 valence electrons. The van der Waals surface area contributed by atoms with Gasteiger partial charge in [-0.25, -0.2) is 17.1 Å². The number of carboxylic acids is 1. The Labute approximate surface area is 127 Å². The van der Waals surface area contributed by atoms with Crippen LogP contribution in [-0.4, -0.2) is 36.9 Å². The van der Waals surface area contributed by atoms with E-state index in [1.54, 1.807) is 0 Å². The fourth-order valence-corrected chi connectivity index (χ4v) is 4.13. The average Bonchev–Trinajstić information content (AvgIpc) is 2.43. The molecule has 0 saturated carbocycles. The van der Waals surface area contributed by atoms with Crippen molar-refractivity contribution in [2.45, 2.75) is 18.6 Å². The maximum Gasteiger partial charge on any atom is 0.307 e. The summed E-state index contributed by atoms with van der Waals surface area (Å²) >= 11 is 5.63. The molecule has 0 spiro atoms.